The summed E-state index contributed by atoms with van der Waals surface area (Å²) in [6, 6.07) is 0. The van der Waals surface area contributed by atoms with E-state index < -0.39 is 14.6 Å². The second-order valence-electron chi connectivity index (χ2n) is 6.02. The van der Waals surface area contributed by atoms with Gasteiger partial charge in [0.2, 0.25) is 0 Å². The van der Waals surface area contributed by atoms with Crippen LogP contribution in [-0.2, 0) is 14.6 Å². The van der Waals surface area contributed by atoms with Crippen molar-refractivity contribution in [2.75, 3.05) is 0 Å². The minimum atomic E-state index is -3.83. The van der Waals surface area contributed by atoms with Crippen molar-refractivity contribution in [2.24, 2.45) is 5.92 Å². The second-order valence-corrected chi connectivity index (χ2v) is 8.10. The SMILES string of the molecule is [N-]=[N+]=CS(=O)(=O)C1(C(=O)C2CCCCC2)CCCCC1. The monoisotopic (exact) mass is 298 g/mol. The van der Waals surface area contributed by atoms with Crippen LogP contribution in [0.5, 0.6) is 0 Å². The van der Waals surface area contributed by atoms with Gasteiger partial charge in [0.15, 0.2) is 5.78 Å². The van der Waals surface area contributed by atoms with Gasteiger partial charge in [0.1, 0.15) is 4.75 Å². The van der Waals surface area contributed by atoms with Gasteiger partial charge in [0, 0.05) is 5.92 Å². The van der Waals surface area contributed by atoms with E-state index in [-0.39, 0.29) is 11.7 Å². The summed E-state index contributed by atoms with van der Waals surface area (Å²) in [6.45, 7) is 0. The Morgan fingerprint density at radius 3 is 2.15 bits per heavy atom. The van der Waals surface area contributed by atoms with Crippen molar-refractivity contribution in [3.8, 4) is 0 Å². The molecule has 2 rings (SSSR count). The Labute approximate surface area is 120 Å². The molecule has 0 aromatic carbocycles. The number of hydrogen-bond donors (Lipinski definition) is 0. The van der Waals surface area contributed by atoms with Crippen molar-refractivity contribution in [2.45, 2.75) is 69.0 Å². The molecule has 0 unspecified atom stereocenters. The molecule has 0 aromatic rings. The van der Waals surface area contributed by atoms with Gasteiger partial charge in [0.25, 0.3) is 9.84 Å². The summed E-state index contributed by atoms with van der Waals surface area (Å²) in [5.74, 6) is -0.263. The van der Waals surface area contributed by atoms with Gasteiger partial charge in [-0.1, -0.05) is 38.5 Å². The highest BCUT2D eigenvalue weighted by Crippen LogP contribution is 2.40. The molecule has 5 nitrogen and oxygen atoms in total. The first-order valence-corrected chi connectivity index (χ1v) is 9.04. The Morgan fingerprint density at radius 1 is 1.05 bits per heavy atom. The minimum Gasteiger partial charge on any atom is -0.361 e. The third-order valence-corrected chi connectivity index (χ3v) is 6.89. The topological polar surface area (TPSA) is 87.6 Å². The zero-order valence-corrected chi connectivity index (χ0v) is 12.6. The van der Waals surface area contributed by atoms with Gasteiger partial charge in [0.05, 0.1) is 0 Å². The van der Waals surface area contributed by atoms with E-state index in [0.717, 1.165) is 51.4 Å². The van der Waals surface area contributed by atoms with Crippen molar-refractivity contribution in [1.82, 2.24) is 0 Å². The number of sulfone groups is 1. The summed E-state index contributed by atoms with van der Waals surface area (Å²) in [7, 11) is -3.83. The Balaban J connectivity index is 2.36. The molecule has 0 aliphatic heterocycles. The molecule has 6 heteroatoms. The van der Waals surface area contributed by atoms with Crippen LogP contribution in [0.1, 0.15) is 64.2 Å². The smallest absolute Gasteiger partial charge is 0.361 e. The van der Waals surface area contributed by atoms with Crippen molar-refractivity contribution in [3.05, 3.63) is 5.53 Å². The standard InChI is InChI=1S/C14H22N2O3S/c15-16-11-20(18,19)14(9-5-2-6-10-14)13(17)12-7-3-1-4-8-12/h11-12H,1-10H2. The Morgan fingerprint density at radius 2 is 1.60 bits per heavy atom. The first-order valence-electron chi connectivity index (χ1n) is 7.50. The van der Waals surface area contributed by atoms with Gasteiger partial charge < -0.3 is 5.53 Å². The highest BCUT2D eigenvalue weighted by molar-refractivity contribution is 8.06. The number of Topliss-reactive ketones (excluding diaryl/α,β-unsaturated/α-hetero) is 1. The average Bonchev–Trinajstić information content (AvgIpc) is 2.48. The zero-order chi connectivity index (χ0) is 14.6. The molecule has 0 bridgehead atoms. The third-order valence-electron chi connectivity index (χ3n) is 4.82. The van der Waals surface area contributed by atoms with E-state index in [1.165, 1.54) is 0 Å². The number of ketones is 1. The van der Waals surface area contributed by atoms with Crippen molar-refractivity contribution >= 4 is 21.2 Å². The van der Waals surface area contributed by atoms with Crippen LogP contribution in [0.15, 0.2) is 0 Å². The number of carbonyl (C=O) groups excluding carboxylic acids is 1. The molecular formula is C14H22N2O3S. The van der Waals surface area contributed by atoms with Crippen molar-refractivity contribution in [1.29, 1.82) is 0 Å². The molecule has 112 valence electrons. The van der Waals surface area contributed by atoms with Crippen molar-refractivity contribution < 1.29 is 18.0 Å². The maximum atomic E-state index is 12.9. The van der Waals surface area contributed by atoms with Crippen LogP contribution < -0.4 is 0 Å². The van der Waals surface area contributed by atoms with Crippen LogP contribution in [0.2, 0.25) is 0 Å². The number of carbonyl (C=O) groups is 1. The molecule has 2 aliphatic carbocycles. The third kappa shape index (κ3) is 2.72. The lowest BCUT2D eigenvalue weighted by Crippen LogP contribution is -2.51. The van der Waals surface area contributed by atoms with E-state index in [1.807, 2.05) is 0 Å². The summed E-state index contributed by atoms with van der Waals surface area (Å²) in [4.78, 5) is 15.6. The van der Waals surface area contributed by atoms with Crippen LogP contribution in [0.3, 0.4) is 0 Å². The lowest BCUT2D eigenvalue weighted by atomic mass is 9.76. The van der Waals surface area contributed by atoms with Crippen molar-refractivity contribution in [3.63, 3.8) is 0 Å². The number of nitrogens with zero attached hydrogens (tertiary/aromatic N) is 2. The summed E-state index contributed by atoms with van der Waals surface area (Å²) in [5.41, 5.74) is 9.19. The summed E-state index contributed by atoms with van der Waals surface area (Å²) >= 11 is 0. The fourth-order valence-electron chi connectivity index (χ4n) is 3.69. The quantitative estimate of drug-likeness (QED) is 0.346. The van der Waals surface area contributed by atoms with Gasteiger partial charge in [-0.2, -0.15) is 4.79 Å². The maximum absolute atomic E-state index is 12.9. The molecule has 0 saturated heterocycles. The van der Waals surface area contributed by atoms with E-state index in [1.54, 1.807) is 0 Å². The molecule has 2 fully saturated rings. The van der Waals surface area contributed by atoms with Gasteiger partial charge in [-0.05, 0) is 25.7 Å². The van der Waals surface area contributed by atoms with E-state index in [4.69, 9.17) is 5.53 Å². The van der Waals surface area contributed by atoms with E-state index in [2.05, 4.69) is 4.79 Å². The molecule has 20 heavy (non-hydrogen) atoms. The molecule has 2 aliphatic rings. The molecule has 0 aromatic heterocycles. The fraction of sp³-hybridized carbons (Fsp3) is 0.857. The molecule has 2 saturated carbocycles. The van der Waals surface area contributed by atoms with Crippen LogP contribution in [-0.4, -0.2) is 29.3 Å². The number of rotatable bonds is 4. The largest absolute Gasteiger partial charge is 0.371 e. The summed E-state index contributed by atoms with van der Waals surface area (Å²) < 4.78 is 23.6. The predicted octanol–water partition coefficient (Wildman–Crippen LogP) is 2.51. The normalized spacial score (nSPS) is 23.8. The molecule has 0 heterocycles. The van der Waals surface area contributed by atoms with Gasteiger partial charge in [-0.3, -0.25) is 4.79 Å². The second kappa shape index (κ2) is 6.19. The summed E-state index contributed by atoms with van der Waals surface area (Å²) in [5, 5.41) is 0. The lowest BCUT2D eigenvalue weighted by Gasteiger charge is -2.36. The van der Waals surface area contributed by atoms with Crippen LogP contribution in [0, 0.1) is 5.92 Å². The first kappa shape index (κ1) is 15.4. The Bertz CT molecular complexity index is 509. The summed E-state index contributed by atoms with van der Waals surface area (Å²) in [6.07, 6.45) is 7.92. The maximum Gasteiger partial charge on any atom is 0.371 e. The Hall–Kier alpha value is -1.00. The predicted molar refractivity (Wildman–Crippen MR) is 76.0 cm³/mol. The Kier molecular flexibility index (Phi) is 4.76. The molecule has 0 spiro atoms. The molecule has 0 radical (unpaired) electrons. The van der Waals surface area contributed by atoms with Gasteiger partial charge in [-0.15, -0.1) is 0 Å². The lowest BCUT2D eigenvalue weighted by molar-refractivity contribution is -0.127. The van der Waals surface area contributed by atoms with Gasteiger partial charge >= 0.3 is 5.55 Å². The van der Waals surface area contributed by atoms with E-state index in [9.17, 15) is 13.2 Å². The highest BCUT2D eigenvalue weighted by Gasteiger charge is 2.53. The molecule has 0 amide bonds. The average molecular weight is 298 g/mol. The molecule has 0 atom stereocenters. The van der Waals surface area contributed by atoms with Crippen LogP contribution in [0.4, 0.5) is 0 Å². The van der Waals surface area contributed by atoms with E-state index in [0.29, 0.717) is 18.4 Å². The van der Waals surface area contributed by atoms with Crippen LogP contribution in [0.25, 0.3) is 5.53 Å². The number of hydrogen-bond acceptors (Lipinski definition) is 3. The zero-order valence-electron chi connectivity index (χ0n) is 11.8. The first-order chi connectivity index (χ1) is 9.53. The highest BCUT2D eigenvalue weighted by atomic mass is 32.2. The molecular weight excluding hydrogens is 276 g/mol. The minimum absolute atomic E-state index is 0.128. The van der Waals surface area contributed by atoms with Crippen LogP contribution >= 0.6 is 0 Å². The molecule has 0 N–H and O–H groups in total. The fourth-order valence-corrected chi connectivity index (χ4v) is 5.32. The van der Waals surface area contributed by atoms with E-state index >= 15 is 0 Å². The van der Waals surface area contributed by atoms with Gasteiger partial charge in [-0.25, -0.2) is 8.42 Å².